The van der Waals surface area contributed by atoms with Gasteiger partial charge in [-0.25, -0.2) is 4.39 Å². The molecule has 0 spiro atoms. The standard InChI is InChI=1S/C23H29FN2O/c1-25-15-17-26(18-16-25)14-6-7-19-27-23-11-5-3-9-21(23)13-12-20-8-2-4-10-22(20)24/h2-5,8-13H,6-7,14-19H2,1H3/b13-12+. The molecule has 1 heterocycles. The molecule has 3 nitrogen and oxygen atoms in total. The van der Waals surface area contributed by atoms with Gasteiger partial charge in [0.25, 0.3) is 0 Å². The van der Waals surface area contributed by atoms with E-state index in [2.05, 4.69) is 16.8 Å². The molecule has 4 heteroatoms. The molecule has 0 aromatic heterocycles. The third kappa shape index (κ3) is 6.19. The van der Waals surface area contributed by atoms with Crippen molar-refractivity contribution in [3.63, 3.8) is 0 Å². The van der Waals surface area contributed by atoms with Gasteiger partial charge in [0.05, 0.1) is 6.61 Å². The van der Waals surface area contributed by atoms with E-state index >= 15 is 0 Å². The van der Waals surface area contributed by atoms with E-state index in [-0.39, 0.29) is 5.82 Å². The second kappa shape index (κ2) is 10.2. The van der Waals surface area contributed by atoms with Crippen LogP contribution in [0.5, 0.6) is 5.75 Å². The number of unbranched alkanes of at least 4 members (excludes halogenated alkanes) is 1. The molecular formula is C23H29FN2O. The van der Waals surface area contributed by atoms with Gasteiger partial charge in [0, 0.05) is 37.3 Å². The Bertz CT molecular complexity index is 739. The number of benzene rings is 2. The number of ether oxygens (including phenoxy) is 1. The van der Waals surface area contributed by atoms with Crippen molar-refractivity contribution in [3.8, 4) is 5.75 Å². The van der Waals surface area contributed by atoms with Crippen molar-refractivity contribution in [3.05, 3.63) is 65.5 Å². The molecule has 1 fully saturated rings. The average Bonchev–Trinajstić information content (AvgIpc) is 2.69. The number of nitrogens with zero attached hydrogens (tertiary/aromatic N) is 2. The normalized spacial score (nSPS) is 16.1. The quantitative estimate of drug-likeness (QED) is 0.507. The van der Waals surface area contributed by atoms with Crippen LogP contribution in [0.4, 0.5) is 4.39 Å². The monoisotopic (exact) mass is 368 g/mol. The molecule has 2 aromatic carbocycles. The van der Waals surface area contributed by atoms with Gasteiger partial charge in [-0.3, -0.25) is 0 Å². The zero-order valence-corrected chi connectivity index (χ0v) is 16.1. The topological polar surface area (TPSA) is 15.7 Å². The summed E-state index contributed by atoms with van der Waals surface area (Å²) in [5.41, 5.74) is 1.55. The highest BCUT2D eigenvalue weighted by atomic mass is 19.1. The van der Waals surface area contributed by atoms with Crippen molar-refractivity contribution in [2.45, 2.75) is 12.8 Å². The summed E-state index contributed by atoms with van der Waals surface area (Å²) in [6.45, 7) is 6.52. The Kier molecular flexibility index (Phi) is 7.43. The van der Waals surface area contributed by atoms with Crippen molar-refractivity contribution in [1.29, 1.82) is 0 Å². The summed E-state index contributed by atoms with van der Waals surface area (Å²) in [6.07, 6.45) is 5.90. The van der Waals surface area contributed by atoms with Crippen LogP contribution >= 0.6 is 0 Å². The summed E-state index contributed by atoms with van der Waals surface area (Å²) in [6, 6.07) is 14.7. The lowest BCUT2D eigenvalue weighted by Gasteiger charge is -2.32. The number of halogens is 1. The van der Waals surface area contributed by atoms with Gasteiger partial charge in [0.1, 0.15) is 11.6 Å². The van der Waals surface area contributed by atoms with Crippen LogP contribution in [0, 0.1) is 5.82 Å². The van der Waals surface area contributed by atoms with E-state index in [1.807, 2.05) is 36.4 Å². The SMILES string of the molecule is CN1CCN(CCCCOc2ccccc2/C=C/c2ccccc2F)CC1. The van der Waals surface area contributed by atoms with E-state index in [0.29, 0.717) is 12.2 Å². The van der Waals surface area contributed by atoms with Crippen molar-refractivity contribution in [1.82, 2.24) is 9.80 Å². The lowest BCUT2D eigenvalue weighted by atomic mass is 10.1. The average molecular weight is 368 g/mol. The first kappa shape index (κ1) is 19.6. The Morgan fingerprint density at radius 1 is 0.889 bits per heavy atom. The van der Waals surface area contributed by atoms with Crippen LogP contribution in [0.2, 0.25) is 0 Å². The Labute approximate surface area is 162 Å². The van der Waals surface area contributed by atoms with Gasteiger partial charge in [0.15, 0.2) is 0 Å². The largest absolute Gasteiger partial charge is 0.493 e. The minimum absolute atomic E-state index is 0.212. The first-order valence-electron chi connectivity index (χ1n) is 9.78. The Balaban J connectivity index is 1.46. The number of para-hydroxylation sites is 1. The third-order valence-electron chi connectivity index (χ3n) is 4.99. The molecule has 2 aromatic rings. The lowest BCUT2D eigenvalue weighted by molar-refractivity contribution is 0.150. The number of rotatable bonds is 8. The molecule has 3 rings (SSSR count). The van der Waals surface area contributed by atoms with E-state index < -0.39 is 0 Å². The number of piperazine rings is 1. The van der Waals surface area contributed by atoms with Gasteiger partial charge in [-0.2, -0.15) is 0 Å². The van der Waals surface area contributed by atoms with Crippen LogP contribution in [0.15, 0.2) is 48.5 Å². The molecule has 1 aliphatic rings. The number of hydrogen-bond acceptors (Lipinski definition) is 3. The first-order valence-corrected chi connectivity index (χ1v) is 9.78. The van der Waals surface area contributed by atoms with Crippen LogP contribution in [0.3, 0.4) is 0 Å². The zero-order valence-electron chi connectivity index (χ0n) is 16.1. The summed E-state index contributed by atoms with van der Waals surface area (Å²) in [4.78, 5) is 4.91. The van der Waals surface area contributed by atoms with Crippen molar-refractivity contribution in [2.24, 2.45) is 0 Å². The molecule has 0 atom stereocenters. The smallest absolute Gasteiger partial charge is 0.130 e. The number of hydrogen-bond donors (Lipinski definition) is 0. The summed E-state index contributed by atoms with van der Waals surface area (Å²) in [5.74, 6) is 0.640. The summed E-state index contributed by atoms with van der Waals surface area (Å²) < 4.78 is 19.8. The fourth-order valence-electron chi connectivity index (χ4n) is 3.23. The number of likely N-dealkylation sites (N-methyl/N-ethyl adjacent to an activating group) is 1. The highest BCUT2D eigenvalue weighted by Gasteiger charge is 2.12. The van der Waals surface area contributed by atoms with Gasteiger partial charge in [-0.15, -0.1) is 0 Å². The van der Waals surface area contributed by atoms with E-state index in [1.165, 1.54) is 19.2 Å². The van der Waals surface area contributed by atoms with E-state index in [0.717, 1.165) is 43.8 Å². The van der Waals surface area contributed by atoms with E-state index in [1.54, 1.807) is 18.2 Å². The maximum Gasteiger partial charge on any atom is 0.130 e. The molecule has 0 bridgehead atoms. The van der Waals surface area contributed by atoms with Crippen LogP contribution in [0.25, 0.3) is 12.2 Å². The van der Waals surface area contributed by atoms with Crippen LogP contribution in [0.1, 0.15) is 24.0 Å². The minimum Gasteiger partial charge on any atom is -0.493 e. The van der Waals surface area contributed by atoms with E-state index in [4.69, 9.17) is 4.74 Å². The fraction of sp³-hybridized carbons (Fsp3) is 0.391. The Morgan fingerprint density at radius 2 is 1.56 bits per heavy atom. The Morgan fingerprint density at radius 3 is 2.33 bits per heavy atom. The Hall–Kier alpha value is -2.17. The molecule has 0 radical (unpaired) electrons. The third-order valence-corrected chi connectivity index (χ3v) is 4.99. The lowest BCUT2D eigenvalue weighted by Crippen LogP contribution is -2.44. The second-order valence-electron chi connectivity index (χ2n) is 7.09. The molecule has 1 aliphatic heterocycles. The molecule has 0 amide bonds. The maximum absolute atomic E-state index is 13.8. The van der Waals surface area contributed by atoms with Gasteiger partial charge in [0.2, 0.25) is 0 Å². The minimum atomic E-state index is -0.212. The molecule has 0 saturated carbocycles. The van der Waals surface area contributed by atoms with Gasteiger partial charge >= 0.3 is 0 Å². The highest BCUT2D eigenvalue weighted by Crippen LogP contribution is 2.21. The molecular weight excluding hydrogens is 339 g/mol. The van der Waals surface area contributed by atoms with E-state index in [9.17, 15) is 4.39 Å². The molecule has 0 unspecified atom stereocenters. The van der Waals surface area contributed by atoms with Crippen LogP contribution in [-0.2, 0) is 0 Å². The summed E-state index contributed by atoms with van der Waals surface area (Å²) >= 11 is 0. The predicted molar refractivity (Wildman–Crippen MR) is 110 cm³/mol. The second-order valence-corrected chi connectivity index (χ2v) is 7.09. The zero-order chi connectivity index (χ0) is 18.9. The molecule has 0 N–H and O–H groups in total. The van der Waals surface area contributed by atoms with Crippen LogP contribution in [-0.4, -0.2) is 56.2 Å². The predicted octanol–water partition coefficient (Wildman–Crippen LogP) is 4.40. The molecule has 144 valence electrons. The summed E-state index contributed by atoms with van der Waals surface area (Å²) in [5, 5.41) is 0. The van der Waals surface area contributed by atoms with Crippen molar-refractivity contribution >= 4 is 12.2 Å². The van der Waals surface area contributed by atoms with Gasteiger partial charge < -0.3 is 14.5 Å². The fourth-order valence-corrected chi connectivity index (χ4v) is 3.23. The van der Waals surface area contributed by atoms with Crippen LogP contribution < -0.4 is 4.74 Å². The van der Waals surface area contributed by atoms with Gasteiger partial charge in [-0.1, -0.05) is 48.6 Å². The van der Waals surface area contributed by atoms with Crippen molar-refractivity contribution < 1.29 is 9.13 Å². The molecule has 0 aliphatic carbocycles. The first-order chi connectivity index (χ1) is 13.2. The maximum atomic E-state index is 13.8. The molecule has 27 heavy (non-hydrogen) atoms. The summed E-state index contributed by atoms with van der Waals surface area (Å²) in [7, 11) is 2.18. The molecule has 1 saturated heterocycles. The highest BCUT2D eigenvalue weighted by molar-refractivity contribution is 5.72. The van der Waals surface area contributed by atoms with Gasteiger partial charge in [-0.05, 0) is 38.6 Å². The van der Waals surface area contributed by atoms with Crippen molar-refractivity contribution in [2.75, 3.05) is 46.4 Å².